The van der Waals surface area contributed by atoms with Crippen molar-refractivity contribution in [2.75, 3.05) is 6.61 Å². The molecule has 3 nitrogen and oxygen atoms in total. The van der Waals surface area contributed by atoms with Gasteiger partial charge in [-0.25, -0.2) is 4.79 Å². The van der Waals surface area contributed by atoms with Crippen molar-refractivity contribution in [1.29, 1.82) is 0 Å². The molecule has 0 atom stereocenters. The molecule has 0 saturated heterocycles. The summed E-state index contributed by atoms with van der Waals surface area (Å²) in [5.74, 6) is -0.323. The van der Waals surface area contributed by atoms with Crippen LogP contribution < -0.4 is 0 Å². The standard InChI is InChI=1S/C12H11NO2.C2H6/c1-2-15-12(14)10-7-9-5-3-4-6-11(9)13-8-10;1-2/h3-8H,2H2,1H3;1-2H3. The number of pyridine rings is 1. The second-order valence-corrected chi connectivity index (χ2v) is 3.14. The van der Waals surface area contributed by atoms with Crippen LogP contribution in [0, 0.1) is 0 Å². The van der Waals surface area contributed by atoms with Gasteiger partial charge in [-0.2, -0.15) is 0 Å². The summed E-state index contributed by atoms with van der Waals surface area (Å²) >= 11 is 0. The van der Waals surface area contributed by atoms with Crippen LogP contribution in [0.5, 0.6) is 0 Å². The van der Waals surface area contributed by atoms with E-state index in [0.717, 1.165) is 10.9 Å². The number of benzene rings is 1. The molecule has 1 heterocycles. The molecule has 2 rings (SSSR count). The lowest BCUT2D eigenvalue weighted by molar-refractivity contribution is 0.0526. The highest BCUT2D eigenvalue weighted by Gasteiger charge is 2.06. The van der Waals surface area contributed by atoms with E-state index >= 15 is 0 Å². The average Bonchev–Trinajstić information content (AvgIpc) is 2.41. The van der Waals surface area contributed by atoms with Crippen LogP contribution >= 0.6 is 0 Å². The first-order valence-electron chi connectivity index (χ1n) is 5.83. The molecule has 0 fully saturated rings. The largest absolute Gasteiger partial charge is 0.462 e. The van der Waals surface area contributed by atoms with Gasteiger partial charge in [0.25, 0.3) is 0 Å². The predicted molar refractivity (Wildman–Crippen MR) is 69.0 cm³/mol. The minimum atomic E-state index is -0.323. The van der Waals surface area contributed by atoms with Crippen LogP contribution in [0.25, 0.3) is 10.9 Å². The van der Waals surface area contributed by atoms with Gasteiger partial charge in [-0.15, -0.1) is 0 Å². The second kappa shape index (κ2) is 6.63. The smallest absolute Gasteiger partial charge is 0.339 e. The molecule has 0 unspecified atom stereocenters. The third-order valence-electron chi connectivity index (χ3n) is 2.10. The number of hydrogen-bond acceptors (Lipinski definition) is 3. The summed E-state index contributed by atoms with van der Waals surface area (Å²) in [6.45, 7) is 6.16. The monoisotopic (exact) mass is 231 g/mol. The van der Waals surface area contributed by atoms with E-state index in [1.807, 2.05) is 38.1 Å². The minimum absolute atomic E-state index is 0.323. The highest BCUT2D eigenvalue weighted by molar-refractivity contribution is 5.93. The molecule has 17 heavy (non-hydrogen) atoms. The van der Waals surface area contributed by atoms with Crippen molar-refractivity contribution in [3.63, 3.8) is 0 Å². The molecule has 0 bridgehead atoms. The van der Waals surface area contributed by atoms with E-state index in [2.05, 4.69) is 4.98 Å². The van der Waals surface area contributed by atoms with Crippen molar-refractivity contribution in [2.45, 2.75) is 20.8 Å². The van der Waals surface area contributed by atoms with Crippen LogP contribution in [-0.2, 0) is 4.74 Å². The van der Waals surface area contributed by atoms with E-state index in [0.29, 0.717) is 12.2 Å². The Morgan fingerprint density at radius 1 is 1.29 bits per heavy atom. The maximum absolute atomic E-state index is 11.4. The number of esters is 1. The lowest BCUT2D eigenvalue weighted by Gasteiger charge is -2.02. The van der Waals surface area contributed by atoms with E-state index in [1.54, 1.807) is 19.2 Å². The fourth-order valence-electron chi connectivity index (χ4n) is 1.40. The van der Waals surface area contributed by atoms with Crippen molar-refractivity contribution < 1.29 is 9.53 Å². The SMILES string of the molecule is CC.CCOC(=O)c1cnc2ccccc2c1. The summed E-state index contributed by atoms with van der Waals surface area (Å²) in [4.78, 5) is 15.6. The Labute approximate surface area is 101 Å². The highest BCUT2D eigenvalue weighted by atomic mass is 16.5. The molecule has 0 saturated carbocycles. The summed E-state index contributed by atoms with van der Waals surface area (Å²) in [5, 5.41) is 0.947. The maximum atomic E-state index is 11.4. The van der Waals surface area contributed by atoms with Crippen molar-refractivity contribution in [1.82, 2.24) is 4.98 Å². The third kappa shape index (κ3) is 3.28. The summed E-state index contributed by atoms with van der Waals surface area (Å²) < 4.78 is 4.90. The Bertz CT molecular complexity index is 494. The van der Waals surface area contributed by atoms with E-state index in [4.69, 9.17) is 4.74 Å². The molecule has 0 N–H and O–H groups in total. The van der Waals surface area contributed by atoms with Gasteiger partial charge in [-0.1, -0.05) is 32.0 Å². The molecule has 0 aliphatic rings. The number of rotatable bonds is 2. The molecule has 0 aliphatic carbocycles. The molecule has 0 spiro atoms. The number of carbonyl (C=O) groups excluding carboxylic acids is 1. The van der Waals surface area contributed by atoms with Gasteiger partial charge in [0, 0.05) is 11.6 Å². The van der Waals surface area contributed by atoms with Gasteiger partial charge in [0.2, 0.25) is 0 Å². The van der Waals surface area contributed by atoms with Gasteiger partial charge >= 0.3 is 5.97 Å². The molecule has 1 aromatic carbocycles. The quantitative estimate of drug-likeness (QED) is 0.743. The fraction of sp³-hybridized carbons (Fsp3) is 0.286. The van der Waals surface area contributed by atoms with Crippen molar-refractivity contribution in [2.24, 2.45) is 0 Å². The molecule has 1 aromatic heterocycles. The van der Waals surface area contributed by atoms with Gasteiger partial charge in [0.05, 0.1) is 17.7 Å². The lowest BCUT2D eigenvalue weighted by atomic mass is 10.1. The van der Waals surface area contributed by atoms with Crippen molar-refractivity contribution >= 4 is 16.9 Å². The first-order valence-corrected chi connectivity index (χ1v) is 5.83. The van der Waals surface area contributed by atoms with Crippen LogP contribution in [0.15, 0.2) is 36.5 Å². The number of aromatic nitrogens is 1. The maximum Gasteiger partial charge on any atom is 0.339 e. The predicted octanol–water partition coefficient (Wildman–Crippen LogP) is 3.44. The number of ether oxygens (including phenoxy) is 1. The number of hydrogen-bond donors (Lipinski definition) is 0. The van der Waals surface area contributed by atoms with Gasteiger partial charge < -0.3 is 4.74 Å². The second-order valence-electron chi connectivity index (χ2n) is 3.14. The average molecular weight is 231 g/mol. The number of carbonyl (C=O) groups is 1. The van der Waals surface area contributed by atoms with Crippen LogP contribution in [0.1, 0.15) is 31.1 Å². The number of para-hydroxylation sites is 1. The topological polar surface area (TPSA) is 39.2 Å². The van der Waals surface area contributed by atoms with Crippen LogP contribution in [-0.4, -0.2) is 17.6 Å². The zero-order valence-corrected chi connectivity index (χ0v) is 10.4. The number of nitrogens with zero attached hydrogens (tertiary/aromatic N) is 1. The Morgan fingerprint density at radius 3 is 2.71 bits per heavy atom. The summed E-state index contributed by atoms with van der Waals surface area (Å²) in [6.07, 6.45) is 1.54. The summed E-state index contributed by atoms with van der Waals surface area (Å²) in [7, 11) is 0. The Morgan fingerprint density at radius 2 is 2.00 bits per heavy atom. The van der Waals surface area contributed by atoms with Gasteiger partial charge in [0.15, 0.2) is 0 Å². The molecule has 0 radical (unpaired) electrons. The van der Waals surface area contributed by atoms with Gasteiger partial charge in [0.1, 0.15) is 0 Å². The first-order chi connectivity index (χ1) is 8.31. The molecule has 90 valence electrons. The van der Waals surface area contributed by atoms with E-state index < -0.39 is 0 Å². The first kappa shape index (κ1) is 13.2. The van der Waals surface area contributed by atoms with Gasteiger partial charge in [-0.3, -0.25) is 4.98 Å². The van der Waals surface area contributed by atoms with Crippen LogP contribution in [0.4, 0.5) is 0 Å². The minimum Gasteiger partial charge on any atom is -0.462 e. The summed E-state index contributed by atoms with van der Waals surface area (Å²) in [6, 6.07) is 9.45. The molecule has 0 aliphatic heterocycles. The molecule has 3 heteroatoms. The molecular formula is C14H17NO2. The Kier molecular flexibility index (Phi) is 5.14. The zero-order chi connectivity index (χ0) is 12.7. The number of fused-ring (bicyclic) bond motifs is 1. The van der Waals surface area contributed by atoms with E-state index in [-0.39, 0.29) is 5.97 Å². The van der Waals surface area contributed by atoms with Crippen molar-refractivity contribution in [3.05, 3.63) is 42.1 Å². The molecule has 0 amide bonds. The molecule has 2 aromatic rings. The summed E-state index contributed by atoms with van der Waals surface area (Å²) in [5.41, 5.74) is 1.38. The highest BCUT2D eigenvalue weighted by Crippen LogP contribution is 2.13. The lowest BCUT2D eigenvalue weighted by Crippen LogP contribution is -2.04. The Balaban J connectivity index is 0.000000686. The van der Waals surface area contributed by atoms with Crippen LogP contribution in [0.2, 0.25) is 0 Å². The van der Waals surface area contributed by atoms with Gasteiger partial charge in [-0.05, 0) is 19.1 Å². The Hall–Kier alpha value is -1.90. The van der Waals surface area contributed by atoms with Crippen molar-refractivity contribution in [3.8, 4) is 0 Å². The molecular weight excluding hydrogens is 214 g/mol. The van der Waals surface area contributed by atoms with E-state index in [9.17, 15) is 4.79 Å². The van der Waals surface area contributed by atoms with E-state index in [1.165, 1.54) is 0 Å². The van der Waals surface area contributed by atoms with Crippen LogP contribution in [0.3, 0.4) is 0 Å². The fourth-order valence-corrected chi connectivity index (χ4v) is 1.40. The third-order valence-corrected chi connectivity index (χ3v) is 2.10. The normalized spacial score (nSPS) is 9.35. The zero-order valence-electron chi connectivity index (χ0n) is 10.4.